The number of thioether (sulfide) groups is 1. The molecule has 134 valence electrons. The number of non-ortho nitro benzene ring substituents is 1. The smallest absolute Gasteiger partial charge is 0.270 e. The molecule has 1 aromatic carbocycles. The molecular weight excluding hydrogens is 348 g/mol. The van der Waals surface area contributed by atoms with Gasteiger partial charge in [0.1, 0.15) is 5.75 Å². The average molecular weight is 366 g/mol. The molecule has 1 aliphatic rings. The number of hydrogen-bond donors (Lipinski definition) is 0. The largest absolute Gasteiger partial charge is 0.467 e. The molecular formula is C14H18N6O4S. The number of ether oxygens (including phenoxy) is 2. The van der Waals surface area contributed by atoms with E-state index in [2.05, 4.69) is 15.5 Å². The Morgan fingerprint density at radius 1 is 1.44 bits per heavy atom. The number of nitro groups is 1. The highest BCUT2D eigenvalue weighted by Gasteiger charge is 2.21. The van der Waals surface area contributed by atoms with Crippen LogP contribution in [0.1, 0.15) is 11.1 Å². The first-order chi connectivity index (χ1) is 12.0. The molecule has 2 heterocycles. The number of tetrazole rings is 1. The maximum Gasteiger partial charge on any atom is 0.270 e. The first-order valence-electron chi connectivity index (χ1n) is 7.59. The minimum absolute atomic E-state index is 0.0237. The Labute approximate surface area is 148 Å². The number of nitrogens with zero attached hydrogens (tertiary/aromatic N) is 6. The van der Waals surface area contributed by atoms with Gasteiger partial charge < -0.3 is 14.4 Å². The Hall–Kier alpha value is -2.24. The normalized spacial score (nSPS) is 13.6. The molecule has 0 radical (unpaired) electrons. The zero-order valence-electron chi connectivity index (χ0n) is 13.9. The minimum Gasteiger partial charge on any atom is -0.467 e. The van der Waals surface area contributed by atoms with Crippen LogP contribution in [-0.4, -0.2) is 57.5 Å². The van der Waals surface area contributed by atoms with Crippen LogP contribution in [0.3, 0.4) is 0 Å². The van der Waals surface area contributed by atoms with E-state index in [1.54, 1.807) is 4.68 Å². The highest BCUT2D eigenvalue weighted by atomic mass is 32.2. The van der Waals surface area contributed by atoms with Gasteiger partial charge in [0.2, 0.25) is 5.16 Å². The topological polar surface area (TPSA) is 108 Å². The number of rotatable bonds is 7. The van der Waals surface area contributed by atoms with Crippen molar-refractivity contribution in [2.45, 2.75) is 24.1 Å². The molecule has 0 saturated carbocycles. The van der Waals surface area contributed by atoms with Crippen LogP contribution in [0.4, 0.5) is 5.69 Å². The van der Waals surface area contributed by atoms with Crippen molar-refractivity contribution in [1.82, 2.24) is 25.1 Å². The van der Waals surface area contributed by atoms with Crippen molar-refractivity contribution < 1.29 is 14.4 Å². The zero-order chi connectivity index (χ0) is 17.8. The second kappa shape index (κ2) is 7.76. The quantitative estimate of drug-likeness (QED) is 0.407. The lowest BCUT2D eigenvalue weighted by molar-refractivity contribution is -0.385. The Morgan fingerprint density at radius 3 is 3.04 bits per heavy atom. The predicted octanol–water partition coefficient (Wildman–Crippen LogP) is 1.30. The standard InChI is InChI=1S/C14H18N6O4S/c1-18(2)3-4-19-14(15-16-17-19)25-8-11-6-12(20(21)22)5-10-7-23-9-24-13(10)11/h5-6H,3-4,7-9H2,1-2H3. The number of nitro benzene ring substituents is 1. The highest BCUT2D eigenvalue weighted by Crippen LogP contribution is 2.35. The summed E-state index contributed by atoms with van der Waals surface area (Å²) in [6.45, 7) is 1.92. The molecule has 10 nitrogen and oxygen atoms in total. The monoisotopic (exact) mass is 366 g/mol. The second-order valence-electron chi connectivity index (χ2n) is 5.74. The van der Waals surface area contributed by atoms with Gasteiger partial charge >= 0.3 is 0 Å². The number of likely N-dealkylation sites (N-methyl/N-ethyl adjacent to an activating group) is 1. The lowest BCUT2D eigenvalue weighted by Crippen LogP contribution is -2.19. The Kier molecular flexibility index (Phi) is 5.46. The van der Waals surface area contributed by atoms with Gasteiger partial charge in [-0.25, -0.2) is 4.68 Å². The minimum atomic E-state index is -0.413. The zero-order valence-corrected chi connectivity index (χ0v) is 14.7. The number of fused-ring (bicyclic) bond motifs is 1. The Morgan fingerprint density at radius 2 is 2.28 bits per heavy atom. The lowest BCUT2D eigenvalue weighted by atomic mass is 10.1. The molecule has 3 rings (SSSR count). The molecule has 0 amide bonds. The van der Waals surface area contributed by atoms with Gasteiger partial charge in [-0.3, -0.25) is 10.1 Å². The van der Waals surface area contributed by atoms with Crippen molar-refractivity contribution >= 4 is 17.4 Å². The summed E-state index contributed by atoms with van der Waals surface area (Å²) in [4.78, 5) is 12.8. The van der Waals surface area contributed by atoms with Crippen LogP contribution < -0.4 is 4.74 Å². The van der Waals surface area contributed by atoms with Crippen molar-refractivity contribution in [3.63, 3.8) is 0 Å². The van der Waals surface area contributed by atoms with Gasteiger partial charge in [0.05, 0.1) is 18.1 Å². The van der Waals surface area contributed by atoms with E-state index in [0.717, 1.165) is 12.1 Å². The number of benzene rings is 1. The molecule has 0 saturated heterocycles. The van der Waals surface area contributed by atoms with Gasteiger partial charge in [0.15, 0.2) is 6.79 Å². The van der Waals surface area contributed by atoms with Crippen molar-refractivity contribution in [2.24, 2.45) is 0 Å². The highest BCUT2D eigenvalue weighted by molar-refractivity contribution is 7.98. The summed E-state index contributed by atoms with van der Waals surface area (Å²) >= 11 is 1.42. The van der Waals surface area contributed by atoms with E-state index in [1.807, 2.05) is 19.0 Å². The maximum absolute atomic E-state index is 11.2. The molecule has 1 aliphatic heterocycles. The van der Waals surface area contributed by atoms with E-state index in [-0.39, 0.29) is 12.5 Å². The van der Waals surface area contributed by atoms with Crippen molar-refractivity contribution in [3.8, 4) is 5.75 Å². The van der Waals surface area contributed by atoms with Crippen LogP contribution >= 0.6 is 11.8 Å². The van der Waals surface area contributed by atoms with Gasteiger partial charge in [0, 0.05) is 35.6 Å². The van der Waals surface area contributed by atoms with Crippen molar-refractivity contribution in [3.05, 3.63) is 33.4 Å². The van der Waals surface area contributed by atoms with E-state index in [9.17, 15) is 10.1 Å². The lowest BCUT2D eigenvalue weighted by Gasteiger charge is -2.20. The second-order valence-corrected chi connectivity index (χ2v) is 6.68. The van der Waals surface area contributed by atoms with Crippen LogP contribution in [0.25, 0.3) is 0 Å². The fourth-order valence-electron chi connectivity index (χ4n) is 2.37. The van der Waals surface area contributed by atoms with Crippen LogP contribution in [0.5, 0.6) is 5.75 Å². The average Bonchev–Trinajstić information content (AvgIpc) is 3.05. The van der Waals surface area contributed by atoms with Gasteiger partial charge in [0.25, 0.3) is 5.69 Å². The summed E-state index contributed by atoms with van der Waals surface area (Å²) < 4.78 is 12.5. The molecule has 0 bridgehead atoms. The summed E-state index contributed by atoms with van der Waals surface area (Å²) in [6, 6.07) is 3.02. The summed E-state index contributed by atoms with van der Waals surface area (Å²) in [5.41, 5.74) is 1.44. The first kappa shape index (κ1) is 17.6. The third-order valence-corrected chi connectivity index (χ3v) is 4.60. The fourth-order valence-corrected chi connectivity index (χ4v) is 3.24. The summed E-state index contributed by atoms with van der Waals surface area (Å²) in [7, 11) is 3.96. The van der Waals surface area contributed by atoms with Crippen molar-refractivity contribution in [1.29, 1.82) is 0 Å². The number of aromatic nitrogens is 4. The first-order valence-corrected chi connectivity index (χ1v) is 8.57. The Bertz CT molecular complexity index is 766. The molecule has 0 atom stereocenters. The van der Waals surface area contributed by atoms with Crippen LogP contribution in [0, 0.1) is 10.1 Å². The van der Waals surface area contributed by atoms with Gasteiger partial charge in [-0.1, -0.05) is 11.8 Å². The summed E-state index contributed by atoms with van der Waals surface area (Å²) in [5, 5.41) is 23.5. The van der Waals surface area contributed by atoms with Crippen LogP contribution in [-0.2, 0) is 23.6 Å². The molecule has 25 heavy (non-hydrogen) atoms. The Balaban J connectivity index is 1.78. The van der Waals surface area contributed by atoms with Crippen molar-refractivity contribution in [2.75, 3.05) is 27.4 Å². The molecule has 2 aromatic rings. The summed E-state index contributed by atoms with van der Waals surface area (Å²) in [5.74, 6) is 1.11. The third kappa shape index (κ3) is 4.24. The van der Waals surface area contributed by atoms with E-state index in [1.165, 1.54) is 23.9 Å². The maximum atomic E-state index is 11.2. The van der Waals surface area contributed by atoms with Gasteiger partial charge in [-0.15, -0.1) is 5.10 Å². The molecule has 1 aromatic heterocycles. The van der Waals surface area contributed by atoms with Crippen LogP contribution in [0.15, 0.2) is 17.3 Å². The third-order valence-electron chi connectivity index (χ3n) is 3.60. The molecule has 0 N–H and O–H groups in total. The van der Waals surface area contributed by atoms with E-state index < -0.39 is 4.92 Å². The van der Waals surface area contributed by atoms with Crippen LogP contribution in [0.2, 0.25) is 0 Å². The summed E-state index contributed by atoms with van der Waals surface area (Å²) in [6.07, 6.45) is 0. The van der Waals surface area contributed by atoms with Gasteiger partial charge in [-0.05, 0) is 24.5 Å². The number of hydrogen-bond acceptors (Lipinski definition) is 9. The molecule has 0 aliphatic carbocycles. The van der Waals surface area contributed by atoms with Gasteiger partial charge in [-0.2, -0.15) is 0 Å². The molecule has 0 unspecified atom stereocenters. The van der Waals surface area contributed by atoms with E-state index in [0.29, 0.717) is 35.4 Å². The van der Waals surface area contributed by atoms with E-state index in [4.69, 9.17) is 9.47 Å². The predicted molar refractivity (Wildman–Crippen MR) is 89.3 cm³/mol. The molecule has 11 heteroatoms. The molecule has 0 spiro atoms. The van der Waals surface area contributed by atoms with E-state index >= 15 is 0 Å². The fraction of sp³-hybridized carbons (Fsp3) is 0.500. The SMILES string of the molecule is CN(C)CCn1nnnc1SCc1cc([N+](=O)[O-])cc2c1OCOC2. The molecule has 0 fully saturated rings.